The second-order valence-electron chi connectivity index (χ2n) is 3.88. The number of nitrogens with one attached hydrogen (secondary N) is 1. The van der Waals surface area contributed by atoms with E-state index >= 15 is 0 Å². The van der Waals surface area contributed by atoms with Crippen molar-refractivity contribution in [1.82, 2.24) is 10.2 Å². The second kappa shape index (κ2) is 5.44. The molecule has 0 saturated heterocycles. The van der Waals surface area contributed by atoms with Crippen molar-refractivity contribution in [2.75, 3.05) is 11.9 Å². The fourth-order valence-corrected chi connectivity index (χ4v) is 1.11. The molecule has 0 aliphatic carbocycles. The first kappa shape index (κ1) is 11.6. The topological polar surface area (TPSA) is 54.9 Å². The van der Waals surface area contributed by atoms with Crippen molar-refractivity contribution in [2.24, 2.45) is 0 Å². The molecular formula is C11H17N3O. The van der Waals surface area contributed by atoms with E-state index < -0.39 is 0 Å². The molecule has 0 aromatic carbocycles. The fraction of sp³-hybridized carbons (Fsp3) is 0.545. The largest absolute Gasteiger partial charge is 0.368 e. The SMILES string of the molecule is CC(=O)CCNc1ccc(C(C)C)nn1. The van der Waals surface area contributed by atoms with E-state index in [0.717, 1.165) is 11.5 Å². The highest BCUT2D eigenvalue weighted by Gasteiger charge is 2.01. The molecule has 1 heterocycles. The molecule has 0 saturated carbocycles. The highest BCUT2D eigenvalue weighted by atomic mass is 16.1. The number of anilines is 1. The molecular weight excluding hydrogens is 190 g/mol. The van der Waals surface area contributed by atoms with E-state index in [1.54, 1.807) is 6.92 Å². The number of carbonyl (C=O) groups excluding carboxylic acids is 1. The van der Waals surface area contributed by atoms with Crippen molar-refractivity contribution in [3.63, 3.8) is 0 Å². The van der Waals surface area contributed by atoms with Crippen LogP contribution in [0.15, 0.2) is 12.1 Å². The van der Waals surface area contributed by atoms with Gasteiger partial charge in [0, 0.05) is 13.0 Å². The van der Waals surface area contributed by atoms with Crippen LogP contribution in [-0.2, 0) is 4.79 Å². The molecule has 1 N–H and O–H groups in total. The fourth-order valence-electron chi connectivity index (χ4n) is 1.11. The lowest BCUT2D eigenvalue weighted by atomic mass is 10.1. The van der Waals surface area contributed by atoms with Crippen LogP contribution in [0.2, 0.25) is 0 Å². The molecule has 0 aliphatic rings. The van der Waals surface area contributed by atoms with Crippen molar-refractivity contribution >= 4 is 11.6 Å². The Hall–Kier alpha value is -1.45. The van der Waals surface area contributed by atoms with Gasteiger partial charge in [-0.25, -0.2) is 0 Å². The van der Waals surface area contributed by atoms with Gasteiger partial charge in [-0.2, -0.15) is 5.10 Å². The molecule has 0 radical (unpaired) electrons. The molecule has 0 unspecified atom stereocenters. The third-order valence-corrected chi connectivity index (χ3v) is 2.06. The Morgan fingerprint density at radius 2 is 2.13 bits per heavy atom. The lowest BCUT2D eigenvalue weighted by Crippen LogP contribution is -2.08. The molecule has 0 spiro atoms. The average molecular weight is 207 g/mol. The smallest absolute Gasteiger partial charge is 0.148 e. The maximum Gasteiger partial charge on any atom is 0.148 e. The molecule has 4 heteroatoms. The third-order valence-electron chi connectivity index (χ3n) is 2.06. The minimum absolute atomic E-state index is 0.175. The summed E-state index contributed by atoms with van der Waals surface area (Å²) in [5, 5.41) is 11.2. The van der Waals surface area contributed by atoms with Crippen LogP contribution in [-0.4, -0.2) is 22.5 Å². The normalized spacial score (nSPS) is 10.4. The lowest BCUT2D eigenvalue weighted by molar-refractivity contribution is -0.116. The van der Waals surface area contributed by atoms with Crippen LogP contribution in [0.25, 0.3) is 0 Å². The van der Waals surface area contributed by atoms with Gasteiger partial charge in [0.2, 0.25) is 0 Å². The summed E-state index contributed by atoms with van der Waals surface area (Å²) in [6.45, 7) is 6.35. The van der Waals surface area contributed by atoms with Gasteiger partial charge in [0.15, 0.2) is 0 Å². The molecule has 0 aliphatic heterocycles. The molecule has 0 fully saturated rings. The quantitative estimate of drug-likeness (QED) is 0.802. The van der Waals surface area contributed by atoms with Gasteiger partial charge in [0.05, 0.1) is 5.69 Å². The Balaban J connectivity index is 2.46. The van der Waals surface area contributed by atoms with Crippen LogP contribution in [0.3, 0.4) is 0 Å². The van der Waals surface area contributed by atoms with E-state index in [1.165, 1.54) is 0 Å². The van der Waals surface area contributed by atoms with Crippen molar-refractivity contribution in [3.05, 3.63) is 17.8 Å². The predicted octanol–water partition coefficient (Wildman–Crippen LogP) is 1.99. The molecule has 15 heavy (non-hydrogen) atoms. The second-order valence-corrected chi connectivity index (χ2v) is 3.88. The molecule has 0 amide bonds. The summed E-state index contributed by atoms with van der Waals surface area (Å²) in [6.07, 6.45) is 0.521. The van der Waals surface area contributed by atoms with Crippen LogP contribution >= 0.6 is 0 Å². The van der Waals surface area contributed by atoms with E-state index in [0.29, 0.717) is 18.9 Å². The van der Waals surface area contributed by atoms with Gasteiger partial charge < -0.3 is 5.32 Å². The zero-order valence-corrected chi connectivity index (χ0v) is 9.45. The first-order chi connectivity index (χ1) is 7.09. The number of Topliss-reactive ketones (excluding diaryl/α,β-unsaturated/α-hetero) is 1. The Morgan fingerprint density at radius 3 is 2.60 bits per heavy atom. The average Bonchev–Trinajstić information content (AvgIpc) is 2.18. The number of rotatable bonds is 5. The summed E-state index contributed by atoms with van der Waals surface area (Å²) in [5.74, 6) is 1.29. The van der Waals surface area contributed by atoms with Crippen LogP contribution in [0.1, 0.15) is 38.8 Å². The maximum absolute atomic E-state index is 10.7. The van der Waals surface area contributed by atoms with Gasteiger partial charge in [0.1, 0.15) is 11.6 Å². The summed E-state index contributed by atoms with van der Waals surface area (Å²) in [6, 6.07) is 3.84. The van der Waals surface area contributed by atoms with Gasteiger partial charge in [0.25, 0.3) is 0 Å². The van der Waals surface area contributed by atoms with Gasteiger partial charge in [-0.05, 0) is 25.0 Å². The van der Waals surface area contributed by atoms with Crippen LogP contribution < -0.4 is 5.32 Å². The van der Waals surface area contributed by atoms with E-state index in [4.69, 9.17) is 0 Å². The van der Waals surface area contributed by atoms with Crippen molar-refractivity contribution in [3.8, 4) is 0 Å². The van der Waals surface area contributed by atoms with Gasteiger partial charge in [-0.1, -0.05) is 13.8 Å². The van der Waals surface area contributed by atoms with E-state index in [9.17, 15) is 4.79 Å². The molecule has 0 atom stereocenters. The van der Waals surface area contributed by atoms with Gasteiger partial charge >= 0.3 is 0 Å². The van der Waals surface area contributed by atoms with E-state index in [1.807, 2.05) is 12.1 Å². The molecule has 1 aromatic heterocycles. The van der Waals surface area contributed by atoms with Crippen LogP contribution in [0.4, 0.5) is 5.82 Å². The lowest BCUT2D eigenvalue weighted by Gasteiger charge is -2.05. The number of carbonyl (C=O) groups is 1. The highest BCUT2D eigenvalue weighted by molar-refractivity contribution is 5.75. The highest BCUT2D eigenvalue weighted by Crippen LogP contribution is 2.11. The zero-order chi connectivity index (χ0) is 11.3. The van der Waals surface area contributed by atoms with Crippen molar-refractivity contribution < 1.29 is 4.79 Å². The van der Waals surface area contributed by atoms with E-state index in [2.05, 4.69) is 29.4 Å². The molecule has 82 valence electrons. The number of hydrogen-bond donors (Lipinski definition) is 1. The summed E-state index contributed by atoms with van der Waals surface area (Å²) >= 11 is 0. The number of aromatic nitrogens is 2. The minimum Gasteiger partial charge on any atom is -0.368 e. The van der Waals surface area contributed by atoms with E-state index in [-0.39, 0.29) is 5.78 Å². The number of hydrogen-bond acceptors (Lipinski definition) is 4. The minimum atomic E-state index is 0.175. The molecule has 1 aromatic rings. The summed E-state index contributed by atoms with van der Waals surface area (Å²) < 4.78 is 0. The predicted molar refractivity (Wildman–Crippen MR) is 59.9 cm³/mol. The zero-order valence-electron chi connectivity index (χ0n) is 9.45. The number of nitrogens with zero attached hydrogens (tertiary/aromatic N) is 2. The first-order valence-corrected chi connectivity index (χ1v) is 5.16. The van der Waals surface area contributed by atoms with Crippen LogP contribution in [0.5, 0.6) is 0 Å². The standard InChI is InChI=1S/C11H17N3O/c1-8(2)10-4-5-11(14-13-10)12-7-6-9(3)15/h4-5,8H,6-7H2,1-3H3,(H,12,14). The molecule has 4 nitrogen and oxygen atoms in total. The number of ketones is 1. The molecule has 1 rings (SSSR count). The molecule has 0 bridgehead atoms. The maximum atomic E-state index is 10.7. The van der Waals surface area contributed by atoms with Crippen molar-refractivity contribution in [1.29, 1.82) is 0 Å². The Kier molecular flexibility index (Phi) is 4.21. The first-order valence-electron chi connectivity index (χ1n) is 5.16. The summed E-state index contributed by atoms with van der Waals surface area (Å²) in [4.78, 5) is 10.7. The Morgan fingerprint density at radius 1 is 1.40 bits per heavy atom. The summed E-state index contributed by atoms with van der Waals surface area (Å²) in [5.41, 5.74) is 0.979. The van der Waals surface area contributed by atoms with Gasteiger partial charge in [-0.15, -0.1) is 5.10 Å². The van der Waals surface area contributed by atoms with Crippen molar-refractivity contribution in [2.45, 2.75) is 33.1 Å². The Labute approximate surface area is 90.1 Å². The third kappa shape index (κ3) is 4.06. The van der Waals surface area contributed by atoms with Gasteiger partial charge in [-0.3, -0.25) is 4.79 Å². The Bertz CT molecular complexity index is 319. The van der Waals surface area contributed by atoms with Crippen LogP contribution in [0, 0.1) is 0 Å². The summed E-state index contributed by atoms with van der Waals surface area (Å²) in [7, 11) is 0. The monoisotopic (exact) mass is 207 g/mol.